The highest BCUT2D eigenvalue weighted by atomic mass is 35.5. The van der Waals surface area contributed by atoms with Crippen LogP contribution in [0.5, 0.6) is 0 Å². The molecule has 11 nitrogen and oxygen atoms in total. The zero-order valence-electron chi connectivity index (χ0n) is 19.0. The Bertz CT molecular complexity index is 1510. The number of carboxylic acid groups (broad SMARTS) is 1. The van der Waals surface area contributed by atoms with Crippen molar-refractivity contribution < 1.29 is 19.5 Å². The van der Waals surface area contributed by atoms with E-state index in [2.05, 4.69) is 15.4 Å². The summed E-state index contributed by atoms with van der Waals surface area (Å²) in [5, 5.41) is 18.2. The molecule has 0 radical (unpaired) electrons. The molecule has 0 aliphatic carbocycles. The summed E-state index contributed by atoms with van der Waals surface area (Å²) in [5.74, 6) is -2.87. The van der Waals surface area contributed by atoms with Crippen LogP contribution in [0.15, 0.2) is 46.1 Å². The second-order valence-electron chi connectivity index (χ2n) is 7.73. The molecule has 14 heteroatoms. The third kappa shape index (κ3) is 5.37. The molecule has 36 heavy (non-hydrogen) atoms. The molecule has 0 fully saturated rings. The average molecular weight is 547 g/mol. The summed E-state index contributed by atoms with van der Waals surface area (Å²) >= 11 is 8.69. The predicted octanol–water partition coefficient (Wildman–Crippen LogP) is 2.90. The lowest BCUT2D eigenvalue weighted by molar-refractivity contribution is -0.149. The topological polar surface area (TPSA) is 139 Å². The number of nitrogens with one attached hydrogen (secondary N) is 1. The first-order chi connectivity index (χ1) is 17.1. The molecule has 4 aromatic rings. The molecule has 4 rings (SSSR count). The van der Waals surface area contributed by atoms with E-state index in [0.717, 1.165) is 9.44 Å². The van der Waals surface area contributed by atoms with E-state index in [1.165, 1.54) is 45.1 Å². The SMILES string of the molecule is CN(C)c1cc(=O)n(CC(=O)C(=O)O)cc1-c1cc(NCc2ccc(Cl)s2)n(C(=O)c2cscn2)n1. The number of carboxylic acids is 1. The van der Waals surface area contributed by atoms with Gasteiger partial charge in [-0.1, -0.05) is 11.6 Å². The van der Waals surface area contributed by atoms with Crippen molar-refractivity contribution in [2.24, 2.45) is 0 Å². The number of aromatic nitrogens is 4. The minimum atomic E-state index is -1.64. The number of nitrogens with zero attached hydrogens (tertiary/aromatic N) is 5. The molecule has 0 unspecified atom stereocenters. The Labute approximate surface area is 217 Å². The van der Waals surface area contributed by atoms with Crippen molar-refractivity contribution in [3.8, 4) is 11.3 Å². The highest BCUT2D eigenvalue weighted by Gasteiger charge is 2.22. The van der Waals surface area contributed by atoms with Crippen molar-refractivity contribution >= 4 is 63.4 Å². The molecule has 186 valence electrons. The number of hydrogen-bond donors (Lipinski definition) is 2. The van der Waals surface area contributed by atoms with Crippen LogP contribution in [0.3, 0.4) is 0 Å². The van der Waals surface area contributed by atoms with Gasteiger partial charge in [0.25, 0.3) is 17.2 Å². The minimum absolute atomic E-state index is 0.210. The average Bonchev–Trinajstić information content (AvgIpc) is 3.59. The quantitative estimate of drug-likeness (QED) is 0.303. The first kappa shape index (κ1) is 25.3. The molecule has 0 aliphatic heterocycles. The van der Waals surface area contributed by atoms with E-state index >= 15 is 0 Å². The van der Waals surface area contributed by atoms with Crippen molar-refractivity contribution in [1.29, 1.82) is 0 Å². The molecule has 0 saturated heterocycles. The Kier molecular flexibility index (Phi) is 7.33. The van der Waals surface area contributed by atoms with Crippen LogP contribution >= 0.6 is 34.3 Å². The molecule has 2 N–H and O–H groups in total. The Hall–Kier alpha value is -3.81. The Morgan fingerprint density at radius 2 is 2.00 bits per heavy atom. The normalized spacial score (nSPS) is 10.9. The number of carbonyl (C=O) groups is 3. The Morgan fingerprint density at radius 1 is 1.22 bits per heavy atom. The summed E-state index contributed by atoms with van der Waals surface area (Å²) in [4.78, 5) is 55.2. The number of carbonyl (C=O) groups excluding carboxylic acids is 2. The molecular formula is C22H19ClN6O5S2. The predicted molar refractivity (Wildman–Crippen MR) is 137 cm³/mol. The monoisotopic (exact) mass is 546 g/mol. The smallest absolute Gasteiger partial charge is 0.374 e. The van der Waals surface area contributed by atoms with Crippen LogP contribution in [0.1, 0.15) is 15.4 Å². The number of thiazole rings is 1. The number of rotatable bonds is 9. The van der Waals surface area contributed by atoms with Gasteiger partial charge in [0, 0.05) is 48.2 Å². The van der Waals surface area contributed by atoms with Gasteiger partial charge in [-0.15, -0.1) is 22.7 Å². The van der Waals surface area contributed by atoms with Gasteiger partial charge in [-0.25, -0.2) is 9.78 Å². The maximum Gasteiger partial charge on any atom is 0.374 e. The first-order valence-electron chi connectivity index (χ1n) is 10.3. The molecule has 0 aliphatic rings. The number of aliphatic carboxylic acids is 1. The van der Waals surface area contributed by atoms with Gasteiger partial charge in [0.1, 0.15) is 11.5 Å². The summed E-state index contributed by atoms with van der Waals surface area (Å²) in [5.41, 5.74) is 2.42. The number of hydrogen-bond acceptors (Lipinski definition) is 10. The van der Waals surface area contributed by atoms with Gasteiger partial charge < -0.3 is 19.9 Å². The van der Waals surface area contributed by atoms with Crippen molar-refractivity contribution in [2.45, 2.75) is 13.1 Å². The van der Waals surface area contributed by atoms with E-state index < -0.39 is 29.8 Å². The molecule has 0 amide bonds. The fraction of sp³-hybridized carbons (Fsp3) is 0.182. The van der Waals surface area contributed by atoms with Crippen molar-refractivity contribution in [2.75, 3.05) is 24.3 Å². The minimum Gasteiger partial charge on any atom is -0.475 e. The van der Waals surface area contributed by atoms with E-state index in [-0.39, 0.29) is 5.69 Å². The third-order valence-corrected chi connectivity index (χ3v) is 6.86. The van der Waals surface area contributed by atoms with Crippen LogP contribution in [-0.2, 0) is 22.7 Å². The van der Waals surface area contributed by atoms with Gasteiger partial charge in [-0.05, 0) is 12.1 Å². The molecule has 4 aromatic heterocycles. The molecule has 0 aromatic carbocycles. The van der Waals surface area contributed by atoms with Gasteiger partial charge in [0.05, 0.1) is 34.3 Å². The van der Waals surface area contributed by atoms with E-state index in [0.29, 0.717) is 33.6 Å². The number of thiophene rings is 1. The number of ketones is 1. The second kappa shape index (κ2) is 10.4. The van der Waals surface area contributed by atoms with Crippen LogP contribution < -0.4 is 15.8 Å². The van der Waals surface area contributed by atoms with E-state index in [4.69, 9.17) is 16.7 Å². The first-order valence-corrected chi connectivity index (χ1v) is 12.5. The molecular weight excluding hydrogens is 528 g/mol. The maximum absolute atomic E-state index is 13.2. The van der Waals surface area contributed by atoms with Gasteiger partial charge in [0.2, 0.25) is 0 Å². The summed E-state index contributed by atoms with van der Waals surface area (Å²) in [6.07, 6.45) is 1.36. The summed E-state index contributed by atoms with van der Waals surface area (Å²) in [7, 11) is 3.45. The Morgan fingerprint density at radius 3 is 2.61 bits per heavy atom. The lowest BCUT2D eigenvalue weighted by Gasteiger charge is -2.17. The summed E-state index contributed by atoms with van der Waals surface area (Å²) in [6, 6.07) is 6.56. The van der Waals surface area contributed by atoms with Crippen molar-refractivity contribution in [3.05, 3.63) is 66.6 Å². The van der Waals surface area contributed by atoms with Gasteiger partial charge >= 0.3 is 5.97 Å². The summed E-state index contributed by atoms with van der Waals surface area (Å²) < 4.78 is 2.81. The molecule has 0 atom stereocenters. The largest absolute Gasteiger partial charge is 0.475 e. The summed E-state index contributed by atoms with van der Waals surface area (Å²) in [6.45, 7) is -0.266. The maximum atomic E-state index is 13.2. The molecule has 0 spiro atoms. The zero-order valence-corrected chi connectivity index (χ0v) is 21.4. The van der Waals surface area contributed by atoms with E-state index in [9.17, 15) is 19.2 Å². The number of anilines is 2. The number of halogens is 1. The van der Waals surface area contributed by atoms with Crippen LogP contribution in [0.2, 0.25) is 4.34 Å². The number of pyridine rings is 1. The highest BCUT2D eigenvalue weighted by Crippen LogP contribution is 2.30. The fourth-order valence-corrected chi connectivity index (χ4v) is 4.87. The van der Waals surface area contributed by atoms with Crippen molar-refractivity contribution in [3.63, 3.8) is 0 Å². The number of Topliss-reactive ketones (excluding diaryl/α,β-unsaturated/α-hetero) is 1. The van der Waals surface area contributed by atoms with Crippen molar-refractivity contribution in [1.82, 2.24) is 19.3 Å². The van der Waals surface area contributed by atoms with Crippen LogP contribution in [0.25, 0.3) is 11.3 Å². The second-order valence-corrected chi connectivity index (χ2v) is 10.2. The standard InChI is InChI=1S/C22H19ClN6O5S2/c1-27(2)16-6-20(31)28(9-17(30)22(33)34)8-13(16)14-5-19(24-7-12-3-4-18(23)36-12)29(26-14)21(32)15-10-35-11-25-15/h3-6,8,10-11,24H,7,9H2,1-2H3,(H,33,34). The lowest BCUT2D eigenvalue weighted by atomic mass is 10.1. The van der Waals surface area contributed by atoms with Gasteiger partial charge in [0.15, 0.2) is 0 Å². The molecule has 4 heterocycles. The van der Waals surface area contributed by atoms with Crippen LogP contribution in [-0.4, -0.2) is 56.2 Å². The zero-order chi connectivity index (χ0) is 26.0. The van der Waals surface area contributed by atoms with Crippen LogP contribution in [0.4, 0.5) is 11.5 Å². The highest BCUT2D eigenvalue weighted by molar-refractivity contribution is 7.16. The van der Waals surface area contributed by atoms with E-state index in [1.54, 1.807) is 36.5 Å². The molecule has 0 saturated carbocycles. The van der Waals surface area contributed by atoms with Gasteiger partial charge in [-0.2, -0.15) is 9.78 Å². The van der Waals surface area contributed by atoms with E-state index in [1.807, 2.05) is 6.07 Å². The Balaban J connectivity index is 1.80. The van der Waals surface area contributed by atoms with Gasteiger partial charge in [-0.3, -0.25) is 14.4 Å². The fourth-order valence-electron chi connectivity index (χ4n) is 3.32. The lowest BCUT2D eigenvalue weighted by Crippen LogP contribution is -2.28. The molecule has 0 bridgehead atoms. The van der Waals surface area contributed by atoms with Crippen LogP contribution in [0, 0.1) is 0 Å². The third-order valence-electron chi connectivity index (χ3n) is 5.04.